The molecule has 0 unspecified atom stereocenters. The molecule has 6 heteroatoms. The van der Waals surface area contributed by atoms with Crippen LogP contribution >= 0.6 is 0 Å². The van der Waals surface area contributed by atoms with Gasteiger partial charge in [0.15, 0.2) is 0 Å². The molecule has 0 amide bonds. The third-order valence-corrected chi connectivity index (χ3v) is 3.64. The van der Waals surface area contributed by atoms with Crippen molar-refractivity contribution in [1.82, 2.24) is 0 Å². The van der Waals surface area contributed by atoms with Crippen LogP contribution in [0.4, 0.5) is 0 Å². The molecule has 31 heavy (non-hydrogen) atoms. The molecule has 0 fully saturated rings. The van der Waals surface area contributed by atoms with Crippen LogP contribution in [0, 0.1) is 0 Å². The lowest BCUT2D eigenvalue weighted by Crippen LogP contribution is -2.22. The van der Waals surface area contributed by atoms with Gasteiger partial charge >= 0.3 is 17.9 Å². The molecule has 0 aromatic carbocycles. The SMILES string of the molecule is CCC=CCC=CCC=CCC=CCC=CCC/C=C/C(=O)OC(=O)C(=O)CC(=O)O. The van der Waals surface area contributed by atoms with Crippen LogP contribution in [-0.4, -0.2) is 28.8 Å². The van der Waals surface area contributed by atoms with Crippen LogP contribution in [0.3, 0.4) is 0 Å². The highest BCUT2D eigenvalue weighted by Crippen LogP contribution is 1.98. The Kier molecular flexibility index (Phi) is 17.9. The Labute approximate surface area is 184 Å². The zero-order valence-corrected chi connectivity index (χ0v) is 18.1. The van der Waals surface area contributed by atoms with E-state index in [0.29, 0.717) is 12.8 Å². The number of esters is 2. The van der Waals surface area contributed by atoms with E-state index in [1.165, 1.54) is 6.08 Å². The summed E-state index contributed by atoms with van der Waals surface area (Å²) in [6, 6.07) is 0. The van der Waals surface area contributed by atoms with Crippen molar-refractivity contribution in [3.05, 3.63) is 72.9 Å². The Hall–Kier alpha value is -3.28. The number of rotatable bonds is 16. The number of allylic oxidation sites excluding steroid dienone is 11. The van der Waals surface area contributed by atoms with E-state index >= 15 is 0 Å². The number of Topliss-reactive ketones (excluding diaryl/α,β-unsaturated/α-hetero) is 1. The largest absolute Gasteiger partial charge is 0.481 e. The number of aliphatic carboxylic acids is 1. The number of carboxylic acid groups (broad SMARTS) is 1. The number of hydrogen-bond donors (Lipinski definition) is 1. The quantitative estimate of drug-likeness (QED) is 0.0907. The second-order valence-electron chi connectivity index (χ2n) is 6.39. The first-order valence-corrected chi connectivity index (χ1v) is 10.4. The van der Waals surface area contributed by atoms with Gasteiger partial charge in [-0.2, -0.15) is 0 Å². The maximum atomic E-state index is 11.3. The van der Waals surface area contributed by atoms with Gasteiger partial charge in [0, 0.05) is 6.08 Å². The fourth-order valence-electron chi connectivity index (χ4n) is 2.13. The fourth-order valence-corrected chi connectivity index (χ4v) is 2.13. The summed E-state index contributed by atoms with van der Waals surface area (Å²) in [4.78, 5) is 43.9. The molecule has 0 atom stereocenters. The van der Waals surface area contributed by atoms with Gasteiger partial charge in [-0.3, -0.25) is 9.59 Å². The average Bonchev–Trinajstić information content (AvgIpc) is 2.72. The summed E-state index contributed by atoms with van der Waals surface area (Å²) in [7, 11) is 0. The Bertz CT molecular complexity index is 735. The van der Waals surface area contributed by atoms with E-state index in [4.69, 9.17) is 5.11 Å². The lowest BCUT2D eigenvalue weighted by molar-refractivity contribution is -0.163. The van der Waals surface area contributed by atoms with Crippen molar-refractivity contribution in [1.29, 1.82) is 0 Å². The zero-order valence-electron chi connectivity index (χ0n) is 18.1. The average molecular weight is 429 g/mol. The van der Waals surface area contributed by atoms with Crippen molar-refractivity contribution in [2.24, 2.45) is 0 Å². The summed E-state index contributed by atoms with van der Waals surface area (Å²) in [5, 5.41) is 8.39. The highest BCUT2D eigenvalue weighted by Gasteiger charge is 2.20. The number of hydrogen-bond acceptors (Lipinski definition) is 5. The molecular weight excluding hydrogens is 396 g/mol. The fraction of sp³-hybridized carbons (Fsp3) is 0.360. The molecule has 0 radical (unpaired) electrons. The Balaban J connectivity index is 3.79. The van der Waals surface area contributed by atoms with Gasteiger partial charge in [0.25, 0.3) is 5.78 Å². The van der Waals surface area contributed by atoms with Gasteiger partial charge in [-0.15, -0.1) is 0 Å². The normalized spacial score (nSPS) is 12.3. The summed E-state index contributed by atoms with van der Waals surface area (Å²) in [5.41, 5.74) is 0. The Morgan fingerprint density at radius 1 is 0.677 bits per heavy atom. The summed E-state index contributed by atoms with van der Waals surface area (Å²) >= 11 is 0. The molecule has 0 saturated carbocycles. The number of carboxylic acids is 1. The van der Waals surface area contributed by atoms with Gasteiger partial charge < -0.3 is 9.84 Å². The molecule has 0 aliphatic carbocycles. The van der Waals surface area contributed by atoms with E-state index in [9.17, 15) is 19.2 Å². The van der Waals surface area contributed by atoms with Crippen molar-refractivity contribution in [3.8, 4) is 0 Å². The molecule has 0 bridgehead atoms. The van der Waals surface area contributed by atoms with Crippen molar-refractivity contribution >= 4 is 23.7 Å². The highest BCUT2D eigenvalue weighted by atomic mass is 16.6. The summed E-state index contributed by atoms with van der Waals surface area (Å²) in [6.45, 7) is 2.12. The standard InChI is InChI=1S/C25H32O6/c1-2-3-4-5-6-7-8-9-10-11-12-13-14-15-16-17-18-19-20-24(29)31-25(30)22(26)21-23(27)28/h3-4,6-7,9-10,12-13,15-16,19-20H,2,5,8,11,14,17-18,21H2,1H3,(H,27,28)/b4-3?,7-6?,10-9?,13-12?,16-15?,20-19+. The minimum atomic E-state index is -1.46. The Morgan fingerprint density at radius 2 is 1.13 bits per heavy atom. The lowest BCUT2D eigenvalue weighted by Gasteiger charge is -1.96. The molecule has 0 spiro atoms. The predicted molar refractivity (Wildman–Crippen MR) is 121 cm³/mol. The molecule has 0 aliphatic heterocycles. The van der Waals surface area contributed by atoms with Crippen molar-refractivity contribution in [2.75, 3.05) is 0 Å². The maximum absolute atomic E-state index is 11.3. The van der Waals surface area contributed by atoms with Crippen LogP contribution in [0.15, 0.2) is 72.9 Å². The number of carbonyl (C=O) groups is 4. The van der Waals surface area contributed by atoms with Crippen LogP contribution in [-0.2, 0) is 23.9 Å². The molecule has 0 aromatic heterocycles. The topological polar surface area (TPSA) is 97.7 Å². The zero-order chi connectivity index (χ0) is 23.2. The van der Waals surface area contributed by atoms with Crippen LogP contribution in [0.25, 0.3) is 0 Å². The predicted octanol–water partition coefficient (Wildman–Crippen LogP) is 5.19. The van der Waals surface area contributed by atoms with Crippen LogP contribution in [0.2, 0.25) is 0 Å². The van der Waals surface area contributed by atoms with E-state index in [1.54, 1.807) is 0 Å². The van der Waals surface area contributed by atoms with Gasteiger partial charge in [0.05, 0.1) is 0 Å². The van der Waals surface area contributed by atoms with Crippen molar-refractivity contribution in [3.63, 3.8) is 0 Å². The molecular formula is C25H32O6. The summed E-state index contributed by atoms with van der Waals surface area (Å²) in [6.07, 6.45) is 28.7. The first-order chi connectivity index (χ1) is 15.0. The molecule has 6 nitrogen and oxygen atoms in total. The minimum Gasteiger partial charge on any atom is -0.481 e. The van der Waals surface area contributed by atoms with Crippen molar-refractivity contribution in [2.45, 2.75) is 58.3 Å². The molecule has 168 valence electrons. The number of ether oxygens (including phenoxy) is 1. The van der Waals surface area contributed by atoms with Crippen LogP contribution in [0.5, 0.6) is 0 Å². The van der Waals surface area contributed by atoms with E-state index < -0.39 is 30.1 Å². The third kappa shape index (κ3) is 19.8. The molecule has 0 rings (SSSR count). The number of carbonyl (C=O) groups excluding carboxylic acids is 3. The first-order valence-electron chi connectivity index (χ1n) is 10.4. The van der Waals surface area contributed by atoms with Gasteiger partial charge in [-0.05, 0) is 44.9 Å². The van der Waals surface area contributed by atoms with E-state index in [-0.39, 0.29) is 0 Å². The number of ketones is 1. The number of unbranched alkanes of at least 4 members (excludes halogenated alkanes) is 1. The molecule has 0 aromatic rings. The van der Waals surface area contributed by atoms with Gasteiger partial charge in [0.1, 0.15) is 6.42 Å². The lowest BCUT2D eigenvalue weighted by atomic mass is 10.2. The smallest absolute Gasteiger partial charge is 0.383 e. The van der Waals surface area contributed by atoms with Gasteiger partial charge in [0.2, 0.25) is 0 Å². The third-order valence-electron chi connectivity index (χ3n) is 3.64. The first kappa shape index (κ1) is 27.7. The van der Waals surface area contributed by atoms with Crippen LogP contribution in [0.1, 0.15) is 58.3 Å². The van der Waals surface area contributed by atoms with Crippen molar-refractivity contribution < 1.29 is 29.0 Å². The van der Waals surface area contributed by atoms with Gasteiger partial charge in [-0.1, -0.05) is 73.8 Å². The maximum Gasteiger partial charge on any atom is 0.383 e. The molecule has 0 heterocycles. The van der Waals surface area contributed by atoms with E-state index in [1.807, 2.05) is 12.2 Å². The minimum absolute atomic E-state index is 0.567. The molecule has 1 N–H and O–H groups in total. The molecule has 0 saturated heterocycles. The van der Waals surface area contributed by atoms with E-state index in [0.717, 1.165) is 38.2 Å². The van der Waals surface area contributed by atoms with E-state index in [2.05, 4.69) is 60.3 Å². The second-order valence-corrected chi connectivity index (χ2v) is 6.39. The highest BCUT2D eigenvalue weighted by molar-refractivity contribution is 6.38. The monoisotopic (exact) mass is 428 g/mol. The van der Waals surface area contributed by atoms with Crippen LogP contribution < -0.4 is 0 Å². The second kappa shape index (κ2) is 20.0. The van der Waals surface area contributed by atoms with Gasteiger partial charge in [-0.25, -0.2) is 9.59 Å². The molecule has 0 aliphatic rings. The Morgan fingerprint density at radius 3 is 1.61 bits per heavy atom. The summed E-state index contributed by atoms with van der Waals surface area (Å²) < 4.78 is 4.23. The summed E-state index contributed by atoms with van der Waals surface area (Å²) in [5.74, 6) is -5.18.